The van der Waals surface area contributed by atoms with Gasteiger partial charge >= 0.3 is 6.09 Å². The molecule has 0 saturated heterocycles. The van der Waals surface area contributed by atoms with Gasteiger partial charge in [0.1, 0.15) is 11.7 Å². The molecule has 7 heteroatoms. The van der Waals surface area contributed by atoms with Crippen LogP contribution < -0.4 is 9.47 Å². The van der Waals surface area contributed by atoms with Gasteiger partial charge in [-0.15, -0.1) is 0 Å². The Morgan fingerprint density at radius 1 is 1.19 bits per heavy atom. The van der Waals surface area contributed by atoms with Crippen molar-refractivity contribution in [2.75, 3.05) is 6.79 Å². The van der Waals surface area contributed by atoms with E-state index < -0.39 is 29.9 Å². The summed E-state index contributed by atoms with van der Waals surface area (Å²) in [7, 11) is 0. The summed E-state index contributed by atoms with van der Waals surface area (Å²) in [5.74, 6) is 1.27. The van der Waals surface area contributed by atoms with Gasteiger partial charge in [0.25, 0.3) is 0 Å². The lowest BCUT2D eigenvalue weighted by molar-refractivity contribution is -0.0823. The summed E-state index contributed by atoms with van der Waals surface area (Å²) in [5, 5.41) is 20.8. The minimum Gasteiger partial charge on any atom is -0.454 e. The molecule has 142 valence electrons. The Morgan fingerprint density at radius 3 is 2.58 bits per heavy atom. The second-order valence-electron chi connectivity index (χ2n) is 8.24. The van der Waals surface area contributed by atoms with Gasteiger partial charge in [-0.1, -0.05) is 0 Å². The van der Waals surface area contributed by atoms with Crippen molar-refractivity contribution in [1.29, 1.82) is 0 Å². The maximum absolute atomic E-state index is 12.8. The van der Waals surface area contributed by atoms with E-state index >= 15 is 0 Å². The molecule has 7 nitrogen and oxygen atoms in total. The topological polar surface area (TPSA) is 88.5 Å². The van der Waals surface area contributed by atoms with Gasteiger partial charge in [0.2, 0.25) is 6.79 Å². The number of amides is 1. The fourth-order valence-electron chi connectivity index (χ4n) is 4.18. The molecule has 0 radical (unpaired) electrons. The maximum Gasteiger partial charge on any atom is 0.410 e. The first-order valence-electron chi connectivity index (χ1n) is 9.03. The fraction of sp³-hybridized carbons (Fsp3) is 0.632. The van der Waals surface area contributed by atoms with E-state index in [1.807, 2.05) is 32.9 Å². The van der Waals surface area contributed by atoms with Crippen molar-refractivity contribution in [3.05, 3.63) is 23.3 Å². The molecule has 4 atom stereocenters. The van der Waals surface area contributed by atoms with Crippen molar-refractivity contribution >= 4 is 6.09 Å². The van der Waals surface area contributed by atoms with Crippen LogP contribution in [0.25, 0.3) is 0 Å². The number of benzene rings is 1. The molecule has 1 amide bonds. The number of ether oxygens (including phenoxy) is 3. The first kappa shape index (κ1) is 17.4. The van der Waals surface area contributed by atoms with Crippen molar-refractivity contribution in [3.8, 4) is 11.5 Å². The summed E-state index contributed by atoms with van der Waals surface area (Å²) in [6, 6.07) is 3.33. The van der Waals surface area contributed by atoms with Crippen molar-refractivity contribution in [3.63, 3.8) is 0 Å². The van der Waals surface area contributed by atoms with E-state index in [1.54, 1.807) is 4.90 Å². The summed E-state index contributed by atoms with van der Waals surface area (Å²) in [6.45, 7) is 5.91. The Hall–Kier alpha value is -1.99. The zero-order valence-electron chi connectivity index (χ0n) is 15.3. The zero-order chi connectivity index (χ0) is 18.6. The molecule has 0 aromatic heterocycles. The standard InChI is InChI=1S/C19H25NO6/c1-19(2,3)26-18(23)20-8-10-6-14-15(25-9-24-14)7-12(10)11-4-5-13(21)17(22)16(11)20/h6-7,11,13,16-17,21-22H,4-5,8-9H2,1-3H3/t11-,13+,16+,17+/m0/s1. The number of aliphatic hydroxyl groups excluding tert-OH is 2. The quantitative estimate of drug-likeness (QED) is 0.734. The third kappa shape index (κ3) is 2.89. The largest absolute Gasteiger partial charge is 0.454 e. The number of nitrogens with zero attached hydrogens (tertiary/aromatic N) is 1. The van der Waals surface area contributed by atoms with Gasteiger partial charge in [-0.25, -0.2) is 4.79 Å². The Morgan fingerprint density at radius 2 is 1.88 bits per heavy atom. The van der Waals surface area contributed by atoms with Crippen LogP contribution in [0.5, 0.6) is 11.5 Å². The Balaban J connectivity index is 1.74. The lowest BCUT2D eigenvalue weighted by Gasteiger charge is -2.48. The first-order chi connectivity index (χ1) is 12.2. The number of aliphatic hydroxyl groups is 2. The molecule has 26 heavy (non-hydrogen) atoms. The summed E-state index contributed by atoms with van der Waals surface area (Å²) in [6.07, 6.45) is -1.19. The van der Waals surface area contributed by atoms with Gasteiger partial charge in [-0.2, -0.15) is 0 Å². The average Bonchev–Trinajstić information content (AvgIpc) is 3.01. The summed E-state index contributed by atoms with van der Waals surface area (Å²) < 4.78 is 16.5. The molecule has 0 unspecified atom stereocenters. The van der Waals surface area contributed by atoms with E-state index in [0.717, 1.165) is 11.1 Å². The highest BCUT2D eigenvalue weighted by molar-refractivity contribution is 5.70. The fourth-order valence-corrected chi connectivity index (χ4v) is 4.18. The van der Waals surface area contributed by atoms with Gasteiger partial charge in [-0.3, -0.25) is 4.90 Å². The molecular formula is C19H25NO6. The Kier molecular flexibility index (Phi) is 4.04. The normalized spacial score (nSPS) is 29.8. The number of carbonyl (C=O) groups excluding carboxylic acids is 1. The van der Waals surface area contributed by atoms with E-state index in [9.17, 15) is 15.0 Å². The highest BCUT2D eigenvalue weighted by Gasteiger charge is 2.48. The summed E-state index contributed by atoms with van der Waals surface area (Å²) in [5.41, 5.74) is 1.37. The number of carbonyl (C=O) groups is 1. The number of hydrogen-bond donors (Lipinski definition) is 2. The van der Waals surface area contributed by atoms with Crippen molar-refractivity contribution in [1.82, 2.24) is 4.90 Å². The smallest absolute Gasteiger partial charge is 0.410 e. The summed E-state index contributed by atoms with van der Waals surface area (Å²) in [4.78, 5) is 14.4. The molecule has 2 aliphatic heterocycles. The molecule has 2 N–H and O–H groups in total. The highest BCUT2D eigenvalue weighted by atomic mass is 16.7. The van der Waals surface area contributed by atoms with Gasteiger partial charge in [0.15, 0.2) is 11.5 Å². The van der Waals surface area contributed by atoms with Gasteiger partial charge < -0.3 is 24.4 Å². The van der Waals surface area contributed by atoms with Crippen LogP contribution in [0.15, 0.2) is 12.1 Å². The molecule has 1 saturated carbocycles. The van der Waals surface area contributed by atoms with E-state index in [-0.39, 0.29) is 12.7 Å². The van der Waals surface area contributed by atoms with Crippen LogP contribution in [0, 0.1) is 0 Å². The van der Waals surface area contributed by atoms with Crippen molar-refractivity contribution in [2.45, 2.75) is 69.9 Å². The average molecular weight is 363 g/mol. The number of fused-ring (bicyclic) bond motifs is 4. The van der Waals surface area contributed by atoms with Gasteiger partial charge in [0.05, 0.1) is 12.1 Å². The van der Waals surface area contributed by atoms with Crippen molar-refractivity contribution in [2.24, 2.45) is 0 Å². The second kappa shape index (κ2) is 6.03. The molecule has 3 aliphatic rings. The molecule has 1 aliphatic carbocycles. The lowest BCUT2D eigenvalue weighted by atomic mass is 9.72. The number of rotatable bonds is 0. The van der Waals surface area contributed by atoms with Crippen LogP contribution >= 0.6 is 0 Å². The maximum atomic E-state index is 12.8. The van der Waals surface area contributed by atoms with E-state index in [1.165, 1.54) is 0 Å². The van der Waals surface area contributed by atoms with Gasteiger partial charge in [-0.05, 0) is 56.9 Å². The van der Waals surface area contributed by atoms with Gasteiger partial charge in [0, 0.05) is 12.5 Å². The van der Waals surface area contributed by atoms with Crippen LogP contribution in [0.1, 0.15) is 50.7 Å². The van der Waals surface area contributed by atoms with E-state index in [2.05, 4.69) is 0 Å². The highest BCUT2D eigenvalue weighted by Crippen LogP contribution is 2.47. The molecule has 0 bridgehead atoms. The summed E-state index contributed by atoms with van der Waals surface area (Å²) >= 11 is 0. The molecule has 2 heterocycles. The van der Waals surface area contributed by atoms with Crippen LogP contribution in [-0.4, -0.2) is 51.8 Å². The monoisotopic (exact) mass is 363 g/mol. The molecular weight excluding hydrogens is 338 g/mol. The molecule has 4 rings (SSSR count). The van der Waals surface area contributed by atoms with Crippen LogP contribution in [0.3, 0.4) is 0 Å². The Labute approximate surface area is 152 Å². The third-order valence-corrected chi connectivity index (χ3v) is 5.29. The minimum absolute atomic E-state index is 0.0841. The lowest BCUT2D eigenvalue weighted by Crippen LogP contribution is -2.58. The predicted octanol–water partition coefficient (Wildman–Crippen LogP) is 2.13. The minimum atomic E-state index is -1.01. The first-order valence-corrected chi connectivity index (χ1v) is 9.03. The molecule has 0 spiro atoms. The second-order valence-corrected chi connectivity index (χ2v) is 8.24. The van der Waals surface area contributed by atoms with E-state index in [0.29, 0.717) is 30.9 Å². The SMILES string of the molecule is CC(C)(C)OC(=O)N1Cc2cc3c(cc2[C@@H]2CC[C@@H](O)[C@@H](O)[C@@H]21)OCO3. The van der Waals surface area contributed by atoms with Crippen LogP contribution in [0.2, 0.25) is 0 Å². The zero-order valence-corrected chi connectivity index (χ0v) is 15.3. The molecule has 1 aromatic rings. The molecule has 1 fully saturated rings. The van der Waals surface area contributed by atoms with E-state index in [4.69, 9.17) is 14.2 Å². The van der Waals surface area contributed by atoms with Crippen molar-refractivity contribution < 1.29 is 29.2 Å². The van der Waals surface area contributed by atoms with Crippen LogP contribution in [-0.2, 0) is 11.3 Å². The number of hydrogen-bond acceptors (Lipinski definition) is 6. The Bertz CT molecular complexity index is 727. The third-order valence-electron chi connectivity index (χ3n) is 5.29. The predicted molar refractivity (Wildman–Crippen MR) is 92.1 cm³/mol. The molecule has 1 aromatic carbocycles. The van der Waals surface area contributed by atoms with Crippen LogP contribution in [0.4, 0.5) is 4.79 Å².